The minimum atomic E-state index is 0.0591. The molecule has 0 fully saturated rings. The molecule has 2 aromatic rings. The van der Waals surface area contributed by atoms with Crippen LogP contribution in [0.1, 0.15) is 25.3 Å². The maximum Gasteiger partial charge on any atom is 0.330 e. The van der Waals surface area contributed by atoms with Crippen LogP contribution < -0.4 is 15.2 Å². The van der Waals surface area contributed by atoms with Crippen LogP contribution in [0.2, 0.25) is 0 Å². The van der Waals surface area contributed by atoms with Gasteiger partial charge in [-0.15, -0.1) is 4.98 Å². The fourth-order valence-corrected chi connectivity index (χ4v) is 1.64. The second kappa shape index (κ2) is 5.51. The van der Waals surface area contributed by atoms with Crippen LogP contribution in [0.4, 0.5) is 5.95 Å². The van der Waals surface area contributed by atoms with Gasteiger partial charge < -0.3 is 15.2 Å². The number of hydrogen-bond donors (Lipinski definition) is 1. The highest BCUT2D eigenvalue weighted by Crippen LogP contribution is 2.29. The van der Waals surface area contributed by atoms with Crippen molar-refractivity contribution in [3.8, 4) is 17.8 Å². The molecule has 0 aliphatic heterocycles. The van der Waals surface area contributed by atoms with Gasteiger partial charge in [-0.1, -0.05) is 32.0 Å². The third-order valence-electron chi connectivity index (χ3n) is 2.54. The number of rotatable bonds is 4. The highest BCUT2D eigenvalue weighted by atomic mass is 16.5. The third kappa shape index (κ3) is 3.09. The molecule has 2 rings (SSSR count). The van der Waals surface area contributed by atoms with Crippen LogP contribution in [0.15, 0.2) is 24.3 Å². The predicted molar refractivity (Wildman–Crippen MR) is 71.4 cm³/mol. The number of nitrogen functional groups attached to an aromatic ring is 1. The lowest BCUT2D eigenvalue weighted by Crippen LogP contribution is -2.03. The molecule has 0 spiro atoms. The number of nitrogens with zero attached hydrogens (tertiary/aromatic N) is 3. The van der Waals surface area contributed by atoms with E-state index in [0.29, 0.717) is 11.7 Å². The average molecular weight is 260 g/mol. The monoisotopic (exact) mass is 260 g/mol. The summed E-state index contributed by atoms with van der Waals surface area (Å²) >= 11 is 0. The smallest absolute Gasteiger partial charge is 0.330 e. The highest BCUT2D eigenvalue weighted by molar-refractivity contribution is 5.37. The zero-order valence-electron chi connectivity index (χ0n) is 11.1. The Bertz CT molecular complexity index is 572. The van der Waals surface area contributed by atoms with Gasteiger partial charge in [0.05, 0.1) is 7.11 Å². The Morgan fingerprint density at radius 3 is 2.42 bits per heavy atom. The van der Waals surface area contributed by atoms with Crippen LogP contribution in [-0.2, 0) is 0 Å². The molecule has 0 saturated heterocycles. The van der Waals surface area contributed by atoms with Crippen molar-refractivity contribution < 1.29 is 9.47 Å². The van der Waals surface area contributed by atoms with Gasteiger partial charge in [0.15, 0.2) is 0 Å². The summed E-state index contributed by atoms with van der Waals surface area (Å²) in [6.07, 6.45) is 0. The number of aromatic nitrogens is 3. The number of anilines is 1. The SMILES string of the molecule is COc1nc(N)nc(Oc2ccccc2C(C)C)n1. The van der Waals surface area contributed by atoms with Gasteiger partial charge in [0.25, 0.3) is 0 Å². The van der Waals surface area contributed by atoms with E-state index in [9.17, 15) is 0 Å². The predicted octanol–water partition coefficient (Wildman–Crippen LogP) is 2.38. The van der Waals surface area contributed by atoms with E-state index in [4.69, 9.17) is 15.2 Å². The first-order chi connectivity index (χ1) is 9.10. The number of methoxy groups -OCH3 is 1. The molecule has 6 heteroatoms. The van der Waals surface area contributed by atoms with Crippen molar-refractivity contribution in [2.75, 3.05) is 12.8 Å². The molecule has 2 N–H and O–H groups in total. The molecular weight excluding hydrogens is 244 g/mol. The van der Waals surface area contributed by atoms with Crippen molar-refractivity contribution in [1.29, 1.82) is 0 Å². The van der Waals surface area contributed by atoms with Gasteiger partial charge in [-0.2, -0.15) is 9.97 Å². The number of hydrogen-bond acceptors (Lipinski definition) is 6. The van der Waals surface area contributed by atoms with Crippen LogP contribution >= 0.6 is 0 Å². The molecule has 0 atom stereocenters. The quantitative estimate of drug-likeness (QED) is 0.908. The number of benzene rings is 1. The minimum Gasteiger partial charge on any atom is -0.467 e. The molecule has 0 amide bonds. The summed E-state index contributed by atoms with van der Waals surface area (Å²) in [6.45, 7) is 4.18. The Morgan fingerprint density at radius 1 is 1.05 bits per heavy atom. The van der Waals surface area contributed by atoms with Gasteiger partial charge >= 0.3 is 12.0 Å². The molecule has 1 aromatic heterocycles. The molecule has 1 heterocycles. The number of nitrogens with two attached hydrogens (primary N) is 1. The van der Waals surface area contributed by atoms with E-state index in [1.54, 1.807) is 0 Å². The standard InChI is InChI=1S/C13H16N4O2/c1-8(2)9-6-4-5-7-10(9)19-13-16-11(14)15-12(17-13)18-3/h4-8H,1-3H3,(H2,14,15,16,17). The van der Waals surface area contributed by atoms with Crippen LogP contribution in [0.3, 0.4) is 0 Å². The van der Waals surface area contributed by atoms with Gasteiger partial charge in [0, 0.05) is 0 Å². The van der Waals surface area contributed by atoms with Crippen LogP contribution in [0.5, 0.6) is 17.8 Å². The summed E-state index contributed by atoms with van der Waals surface area (Å²) in [7, 11) is 1.46. The fourth-order valence-electron chi connectivity index (χ4n) is 1.64. The molecule has 0 bridgehead atoms. The van der Waals surface area contributed by atoms with Crippen molar-refractivity contribution in [3.63, 3.8) is 0 Å². The molecule has 6 nitrogen and oxygen atoms in total. The Kier molecular flexibility index (Phi) is 3.79. The average Bonchev–Trinajstić information content (AvgIpc) is 2.38. The molecule has 0 aliphatic rings. The second-order valence-electron chi connectivity index (χ2n) is 4.26. The summed E-state index contributed by atoms with van der Waals surface area (Å²) in [4.78, 5) is 11.7. The van der Waals surface area contributed by atoms with Crippen molar-refractivity contribution in [1.82, 2.24) is 15.0 Å². The zero-order valence-corrected chi connectivity index (χ0v) is 11.1. The molecular formula is C13H16N4O2. The van der Waals surface area contributed by atoms with Gasteiger partial charge in [0.2, 0.25) is 5.95 Å². The van der Waals surface area contributed by atoms with Crippen molar-refractivity contribution in [2.24, 2.45) is 0 Å². The van der Waals surface area contributed by atoms with E-state index in [1.165, 1.54) is 7.11 Å². The first-order valence-electron chi connectivity index (χ1n) is 5.92. The maximum absolute atomic E-state index is 5.67. The van der Waals surface area contributed by atoms with E-state index in [-0.39, 0.29) is 18.0 Å². The minimum absolute atomic E-state index is 0.0591. The van der Waals surface area contributed by atoms with E-state index < -0.39 is 0 Å². The Labute approximate surface area is 111 Å². The normalized spacial score (nSPS) is 10.5. The Hall–Kier alpha value is -2.37. The lowest BCUT2D eigenvalue weighted by molar-refractivity contribution is 0.359. The largest absolute Gasteiger partial charge is 0.467 e. The molecule has 0 radical (unpaired) electrons. The van der Waals surface area contributed by atoms with Crippen molar-refractivity contribution in [3.05, 3.63) is 29.8 Å². The second-order valence-corrected chi connectivity index (χ2v) is 4.26. The number of ether oxygens (including phenoxy) is 2. The van der Waals surface area contributed by atoms with Crippen LogP contribution in [0, 0.1) is 0 Å². The van der Waals surface area contributed by atoms with E-state index in [2.05, 4.69) is 28.8 Å². The van der Waals surface area contributed by atoms with Crippen LogP contribution in [-0.4, -0.2) is 22.1 Å². The van der Waals surface area contributed by atoms with Gasteiger partial charge in [-0.3, -0.25) is 0 Å². The molecule has 0 saturated carbocycles. The van der Waals surface area contributed by atoms with Gasteiger partial charge in [-0.25, -0.2) is 0 Å². The summed E-state index contributed by atoms with van der Waals surface area (Å²) < 4.78 is 10.6. The first-order valence-corrected chi connectivity index (χ1v) is 5.92. The molecule has 1 aromatic carbocycles. The molecule has 100 valence electrons. The highest BCUT2D eigenvalue weighted by Gasteiger charge is 2.11. The summed E-state index contributed by atoms with van der Waals surface area (Å²) in [5, 5.41) is 0. The van der Waals surface area contributed by atoms with Crippen molar-refractivity contribution >= 4 is 5.95 Å². The first kappa shape index (κ1) is 13.1. The molecule has 19 heavy (non-hydrogen) atoms. The van der Waals surface area contributed by atoms with Crippen molar-refractivity contribution in [2.45, 2.75) is 19.8 Å². The number of para-hydroxylation sites is 1. The maximum atomic E-state index is 5.67. The van der Waals surface area contributed by atoms with Crippen LogP contribution in [0.25, 0.3) is 0 Å². The van der Waals surface area contributed by atoms with E-state index in [1.807, 2.05) is 24.3 Å². The fraction of sp³-hybridized carbons (Fsp3) is 0.308. The Morgan fingerprint density at radius 2 is 1.74 bits per heavy atom. The topological polar surface area (TPSA) is 83.2 Å². The van der Waals surface area contributed by atoms with Gasteiger partial charge in [-0.05, 0) is 17.5 Å². The summed E-state index contributed by atoms with van der Waals surface area (Å²) in [6, 6.07) is 7.97. The lowest BCUT2D eigenvalue weighted by atomic mass is 10.0. The van der Waals surface area contributed by atoms with E-state index in [0.717, 1.165) is 5.56 Å². The molecule has 0 unspecified atom stereocenters. The van der Waals surface area contributed by atoms with E-state index >= 15 is 0 Å². The summed E-state index contributed by atoms with van der Waals surface area (Å²) in [5.74, 6) is 1.09. The van der Waals surface area contributed by atoms with Gasteiger partial charge in [0.1, 0.15) is 5.75 Å². The zero-order chi connectivity index (χ0) is 13.8. The summed E-state index contributed by atoms with van der Waals surface area (Å²) in [5.41, 5.74) is 6.63. The Balaban J connectivity index is 2.33. The third-order valence-corrected chi connectivity index (χ3v) is 2.54. The lowest BCUT2D eigenvalue weighted by Gasteiger charge is -2.12. The molecule has 0 aliphatic carbocycles.